The van der Waals surface area contributed by atoms with Crippen molar-refractivity contribution in [1.29, 1.82) is 0 Å². The zero-order valence-corrected chi connectivity index (χ0v) is 14.0. The van der Waals surface area contributed by atoms with Gasteiger partial charge < -0.3 is 10.7 Å². The van der Waals surface area contributed by atoms with Gasteiger partial charge in [-0.05, 0) is 24.6 Å². The van der Waals surface area contributed by atoms with Gasteiger partial charge in [-0.1, -0.05) is 12.1 Å². The van der Waals surface area contributed by atoms with Crippen LogP contribution in [0.1, 0.15) is 12.5 Å². The molecule has 0 saturated heterocycles. The van der Waals surface area contributed by atoms with Gasteiger partial charge >= 0.3 is 5.69 Å². The molecule has 9 nitrogen and oxygen atoms in total. The molecule has 0 aliphatic carbocycles. The average molecular weight is 366 g/mol. The molecule has 0 unspecified atom stereocenters. The van der Waals surface area contributed by atoms with Gasteiger partial charge in [0.05, 0.1) is 12.3 Å². The van der Waals surface area contributed by atoms with Crippen LogP contribution < -0.4 is 16.1 Å². The van der Waals surface area contributed by atoms with E-state index in [0.29, 0.717) is 5.56 Å². The van der Waals surface area contributed by atoms with Gasteiger partial charge in [-0.25, -0.2) is 17.6 Å². The van der Waals surface area contributed by atoms with Gasteiger partial charge in [0.1, 0.15) is 11.3 Å². The highest BCUT2D eigenvalue weighted by atomic mass is 32.2. The van der Waals surface area contributed by atoms with E-state index in [1.165, 1.54) is 35.8 Å². The Morgan fingerprint density at radius 1 is 1.28 bits per heavy atom. The van der Waals surface area contributed by atoms with Crippen molar-refractivity contribution in [2.24, 2.45) is 0 Å². The molecule has 0 amide bonds. The summed E-state index contributed by atoms with van der Waals surface area (Å²) in [4.78, 5) is 22.7. The van der Waals surface area contributed by atoms with Gasteiger partial charge in [-0.3, -0.25) is 9.29 Å². The van der Waals surface area contributed by atoms with E-state index in [1.54, 1.807) is 0 Å². The molecule has 4 N–H and O–H groups in total. The van der Waals surface area contributed by atoms with Crippen molar-refractivity contribution in [3.05, 3.63) is 46.1 Å². The maximum absolute atomic E-state index is 13.0. The van der Waals surface area contributed by atoms with Crippen LogP contribution in [0.15, 0.2) is 29.1 Å². The van der Waals surface area contributed by atoms with Crippen LogP contribution in [0.4, 0.5) is 16.2 Å². The number of nitrogens with zero attached hydrogens (tertiary/aromatic N) is 3. The fourth-order valence-corrected chi connectivity index (χ4v) is 2.74. The number of aromatic amines is 1. The van der Waals surface area contributed by atoms with Crippen LogP contribution in [0.5, 0.6) is 0 Å². The minimum Gasteiger partial charge on any atom is -0.382 e. The van der Waals surface area contributed by atoms with Crippen LogP contribution in [-0.4, -0.2) is 33.7 Å². The summed E-state index contributed by atoms with van der Waals surface area (Å²) in [6.07, 6.45) is 0. The van der Waals surface area contributed by atoms with Crippen LogP contribution >= 0.6 is 0 Å². The molecule has 2 aromatic heterocycles. The summed E-state index contributed by atoms with van der Waals surface area (Å²) in [6, 6.07) is 5.62. The zero-order chi connectivity index (χ0) is 18.2. The fourth-order valence-electron chi connectivity index (χ4n) is 2.23. The fraction of sp³-hybridized carbons (Fsp3) is 0.214. The average Bonchev–Trinajstić information content (AvgIpc) is 2.86. The van der Waals surface area contributed by atoms with E-state index in [1.807, 2.05) is 0 Å². The molecule has 1 aromatic carbocycles. The van der Waals surface area contributed by atoms with E-state index >= 15 is 0 Å². The molecular formula is C14H15FN6O3S. The predicted octanol–water partition coefficient (Wildman–Crippen LogP) is 0.651. The van der Waals surface area contributed by atoms with Gasteiger partial charge in [0.15, 0.2) is 11.5 Å². The maximum atomic E-state index is 13.0. The second-order valence-corrected chi connectivity index (χ2v) is 7.29. The second kappa shape index (κ2) is 6.16. The molecule has 0 saturated carbocycles. The lowest BCUT2D eigenvalue weighted by Crippen LogP contribution is -2.19. The van der Waals surface area contributed by atoms with E-state index in [2.05, 4.69) is 19.7 Å². The lowest BCUT2D eigenvalue weighted by Gasteiger charge is -2.07. The second-order valence-electron chi connectivity index (χ2n) is 5.28. The smallest absolute Gasteiger partial charge is 0.328 e. The van der Waals surface area contributed by atoms with Crippen LogP contribution in [0.25, 0.3) is 11.2 Å². The third kappa shape index (κ3) is 3.45. The van der Waals surface area contributed by atoms with Crippen molar-refractivity contribution in [3.8, 4) is 0 Å². The highest BCUT2D eigenvalue weighted by Gasteiger charge is 2.16. The van der Waals surface area contributed by atoms with Crippen molar-refractivity contribution >= 4 is 33.0 Å². The monoisotopic (exact) mass is 366 g/mol. The van der Waals surface area contributed by atoms with Crippen LogP contribution in [0.2, 0.25) is 0 Å². The van der Waals surface area contributed by atoms with Gasteiger partial charge in [0.2, 0.25) is 16.0 Å². The number of H-pyrrole nitrogens is 1. The van der Waals surface area contributed by atoms with Gasteiger partial charge in [0.25, 0.3) is 0 Å². The number of fused-ring (bicyclic) bond motifs is 1. The minimum atomic E-state index is -3.60. The molecule has 2 heterocycles. The molecule has 3 rings (SSSR count). The van der Waals surface area contributed by atoms with E-state index in [9.17, 15) is 17.6 Å². The molecule has 0 atom stereocenters. The summed E-state index contributed by atoms with van der Waals surface area (Å²) in [5.74, 6) is -0.839. The SMILES string of the molecule is CCS(=O)(=O)Nc1nc(N)c2[nH]c(=O)n(Cc3ccc(F)cc3)c2n1. The molecular weight excluding hydrogens is 351 g/mol. The highest BCUT2D eigenvalue weighted by Crippen LogP contribution is 2.18. The largest absolute Gasteiger partial charge is 0.382 e. The number of sulfonamides is 1. The summed E-state index contributed by atoms with van der Waals surface area (Å²) >= 11 is 0. The predicted molar refractivity (Wildman–Crippen MR) is 91.1 cm³/mol. The van der Waals surface area contributed by atoms with Crippen LogP contribution in [0.3, 0.4) is 0 Å². The minimum absolute atomic E-state index is 0.0613. The van der Waals surface area contributed by atoms with E-state index in [0.717, 1.165) is 0 Å². The Hall–Kier alpha value is -2.95. The topological polar surface area (TPSA) is 136 Å². The van der Waals surface area contributed by atoms with E-state index in [-0.39, 0.29) is 35.2 Å². The first-order valence-corrected chi connectivity index (χ1v) is 8.95. The Labute approximate surface area is 141 Å². The molecule has 132 valence electrons. The summed E-state index contributed by atoms with van der Waals surface area (Å²) < 4.78 is 39.9. The molecule has 0 aliphatic rings. The van der Waals surface area contributed by atoms with Crippen molar-refractivity contribution < 1.29 is 12.8 Å². The summed E-state index contributed by atoms with van der Waals surface area (Å²) in [5.41, 5.74) is 6.32. The van der Waals surface area contributed by atoms with E-state index in [4.69, 9.17) is 5.73 Å². The molecule has 0 bridgehead atoms. The first kappa shape index (κ1) is 16.9. The standard InChI is InChI=1S/C14H15FN6O3S/c1-2-25(23,24)20-13-18-11(16)10-12(19-13)21(14(22)17-10)7-8-3-5-9(15)6-4-8/h3-6H,2,7H2,1H3,(H,17,22)(H3,16,18,19,20). The highest BCUT2D eigenvalue weighted by molar-refractivity contribution is 7.92. The van der Waals surface area contributed by atoms with Gasteiger partial charge in [-0.2, -0.15) is 9.97 Å². The lowest BCUT2D eigenvalue weighted by atomic mass is 10.2. The van der Waals surface area contributed by atoms with Gasteiger partial charge in [0, 0.05) is 0 Å². The number of nitrogens with one attached hydrogen (secondary N) is 2. The van der Waals surface area contributed by atoms with Crippen molar-refractivity contribution in [3.63, 3.8) is 0 Å². The quantitative estimate of drug-likeness (QED) is 0.607. The molecule has 0 fully saturated rings. The Morgan fingerprint density at radius 2 is 1.96 bits per heavy atom. The van der Waals surface area contributed by atoms with Crippen molar-refractivity contribution in [2.45, 2.75) is 13.5 Å². The Bertz CT molecular complexity index is 1090. The first-order chi connectivity index (χ1) is 11.8. The number of nitrogens with two attached hydrogens (primary N) is 1. The number of halogens is 1. The summed E-state index contributed by atoms with van der Waals surface area (Å²) in [7, 11) is -3.60. The first-order valence-electron chi connectivity index (χ1n) is 7.30. The van der Waals surface area contributed by atoms with Crippen LogP contribution in [-0.2, 0) is 16.6 Å². The summed E-state index contributed by atoms with van der Waals surface area (Å²) in [6.45, 7) is 1.57. The van der Waals surface area contributed by atoms with Crippen LogP contribution in [0, 0.1) is 5.82 Å². The molecule has 0 spiro atoms. The third-order valence-corrected chi connectivity index (χ3v) is 4.79. The number of benzene rings is 1. The Morgan fingerprint density at radius 3 is 2.60 bits per heavy atom. The van der Waals surface area contributed by atoms with Gasteiger partial charge in [-0.15, -0.1) is 0 Å². The number of hydrogen-bond acceptors (Lipinski definition) is 6. The molecule has 3 aromatic rings. The number of imidazole rings is 1. The number of hydrogen-bond donors (Lipinski definition) is 3. The molecule has 0 aliphatic heterocycles. The normalized spacial score (nSPS) is 11.8. The summed E-state index contributed by atoms with van der Waals surface area (Å²) in [5, 5.41) is 0. The van der Waals surface area contributed by atoms with Crippen molar-refractivity contribution in [2.75, 3.05) is 16.2 Å². The van der Waals surface area contributed by atoms with Crippen molar-refractivity contribution in [1.82, 2.24) is 19.5 Å². The number of aromatic nitrogens is 4. The molecule has 0 radical (unpaired) electrons. The maximum Gasteiger partial charge on any atom is 0.328 e. The lowest BCUT2D eigenvalue weighted by molar-refractivity contribution is 0.602. The third-order valence-electron chi connectivity index (χ3n) is 3.53. The molecule has 11 heteroatoms. The number of anilines is 2. The van der Waals surface area contributed by atoms with E-state index < -0.39 is 21.5 Å². The number of rotatable bonds is 5. The zero-order valence-electron chi connectivity index (χ0n) is 13.2. The Kier molecular flexibility index (Phi) is 4.17. The molecule has 25 heavy (non-hydrogen) atoms. The number of nitrogen functional groups attached to an aromatic ring is 1. The Balaban J connectivity index is 2.09.